The first-order chi connectivity index (χ1) is 5.97. The molecule has 0 aromatic carbocycles. The maximum atomic E-state index is 11.7. The van der Waals surface area contributed by atoms with Gasteiger partial charge in [-0.05, 0) is 51.9 Å². The van der Waals surface area contributed by atoms with E-state index in [0.717, 1.165) is 18.3 Å². The summed E-state index contributed by atoms with van der Waals surface area (Å²) in [7, 11) is 0. The van der Waals surface area contributed by atoms with Gasteiger partial charge in [0.1, 0.15) is 0 Å². The van der Waals surface area contributed by atoms with Crippen LogP contribution in [0.3, 0.4) is 0 Å². The van der Waals surface area contributed by atoms with Crippen molar-refractivity contribution in [3.05, 3.63) is 0 Å². The van der Waals surface area contributed by atoms with Crippen molar-refractivity contribution in [2.75, 3.05) is 0 Å². The highest BCUT2D eigenvalue weighted by atomic mass is 16.2. The lowest BCUT2D eigenvalue weighted by Crippen LogP contribution is -2.41. The Morgan fingerprint density at radius 2 is 1.92 bits per heavy atom. The highest BCUT2D eigenvalue weighted by molar-refractivity contribution is 5.82. The molecule has 0 saturated heterocycles. The third-order valence-corrected chi connectivity index (χ3v) is 2.90. The van der Waals surface area contributed by atoms with Crippen molar-refractivity contribution in [3.63, 3.8) is 0 Å². The summed E-state index contributed by atoms with van der Waals surface area (Å²) in [6.07, 6.45) is 3.88. The number of hydrogen-bond acceptors (Lipinski definition) is 1. The highest BCUT2D eigenvalue weighted by Crippen LogP contribution is 2.54. The second kappa shape index (κ2) is 2.73. The van der Waals surface area contributed by atoms with Gasteiger partial charge in [-0.25, -0.2) is 0 Å². The van der Waals surface area contributed by atoms with Crippen LogP contribution in [0.5, 0.6) is 0 Å². The first-order valence-corrected chi connectivity index (χ1v) is 5.29. The van der Waals surface area contributed by atoms with Crippen LogP contribution in [-0.2, 0) is 4.79 Å². The molecule has 2 atom stereocenters. The van der Waals surface area contributed by atoms with Crippen molar-refractivity contribution in [2.45, 2.75) is 45.6 Å². The Morgan fingerprint density at radius 3 is 2.38 bits per heavy atom. The minimum Gasteiger partial charge on any atom is -0.351 e. The highest BCUT2D eigenvalue weighted by Gasteiger charge is 2.51. The fraction of sp³-hybridized carbons (Fsp3) is 0.909. The van der Waals surface area contributed by atoms with Gasteiger partial charge in [0.05, 0.1) is 0 Å². The SMILES string of the molecule is CC(C)(C)NC(=O)[C@H]1C[C@H]1C1CC1. The molecule has 13 heavy (non-hydrogen) atoms. The largest absolute Gasteiger partial charge is 0.351 e. The number of carbonyl (C=O) groups is 1. The molecule has 2 aliphatic rings. The fourth-order valence-electron chi connectivity index (χ4n) is 2.02. The van der Waals surface area contributed by atoms with E-state index in [0.29, 0.717) is 5.92 Å². The van der Waals surface area contributed by atoms with E-state index in [1.54, 1.807) is 0 Å². The normalized spacial score (nSPS) is 32.8. The molecule has 74 valence electrons. The quantitative estimate of drug-likeness (QED) is 0.693. The summed E-state index contributed by atoms with van der Waals surface area (Å²) in [6, 6.07) is 0. The van der Waals surface area contributed by atoms with Crippen LogP contribution >= 0.6 is 0 Å². The van der Waals surface area contributed by atoms with E-state index in [-0.39, 0.29) is 11.4 Å². The van der Waals surface area contributed by atoms with Crippen LogP contribution in [0.25, 0.3) is 0 Å². The van der Waals surface area contributed by atoms with Crippen molar-refractivity contribution in [1.29, 1.82) is 0 Å². The lowest BCUT2D eigenvalue weighted by molar-refractivity contribution is -0.124. The molecule has 0 bridgehead atoms. The van der Waals surface area contributed by atoms with Crippen LogP contribution in [0.1, 0.15) is 40.0 Å². The van der Waals surface area contributed by atoms with Crippen LogP contribution in [0.4, 0.5) is 0 Å². The molecule has 2 fully saturated rings. The first-order valence-electron chi connectivity index (χ1n) is 5.29. The minimum absolute atomic E-state index is 0.0617. The van der Waals surface area contributed by atoms with E-state index >= 15 is 0 Å². The molecule has 0 radical (unpaired) electrons. The second-order valence-corrected chi connectivity index (χ2v) is 5.58. The molecule has 2 heteroatoms. The zero-order valence-electron chi connectivity index (χ0n) is 8.76. The third-order valence-electron chi connectivity index (χ3n) is 2.90. The number of rotatable bonds is 2. The average molecular weight is 181 g/mol. The first kappa shape index (κ1) is 9.04. The smallest absolute Gasteiger partial charge is 0.223 e. The number of nitrogens with one attached hydrogen (secondary N) is 1. The molecule has 1 N–H and O–H groups in total. The van der Waals surface area contributed by atoms with Gasteiger partial charge in [-0.15, -0.1) is 0 Å². The summed E-state index contributed by atoms with van der Waals surface area (Å²) in [5, 5.41) is 3.05. The standard InChI is InChI=1S/C11H19NO/c1-11(2,3)12-10(13)9-6-8(9)7-4-5-7/h7-9H,4-6H2,1-3H3,(H,12,13)/t8-,9-/m0/s1. The summed E-state index contributed by atoms with van der Waals surface area (Å²) < 4.78 is 0. The van der Waals surface area contributed by atoms with Gasteiger partial charge >= 0.3 is 0 Å². The van der Waals surface area contributed by atoms with E-state index in [1.165, 1.54) is 12.8 Å². The van der Waals surface area contributed by atoms with Crippen LogP contribution in [0.2, 0.25) is 0 Å². The Hall–Kier alpha value is -0.530. The molecule has 0 unspecified atom stereocenters. The average Bonchev–Trinajstić information content (AvgIpc) is 2.79. The topological polar surface area (TPSA) is 29.1 Å². The van der Waals surface area contributed by atoms with Gasteiger partial charge in [0.25, 0.3) is 0 Å². The van der Waals surface area contributed by atoms with E-state index in [4.69, 9.17) is 0 Å². The molecule has 2 nitrogen and oxygen atoms in total. The van der Waals surface area contributed by atoms with Gasteiger partial charge in [-0.3, -0.25) is 4.79 Å². The van der Waals surface area contributed by atoms with Crippen LogP contribution in [0.15, 0.2) is 0 Å². The summed E-state index contributed by atoms with van der Waals surface area (Å²) in [5.74, 6) is 2.27. The van der Waals surface area contributed by atoms with E-state index in [1.807, 2.05) is 20.8 Å². The van der Waals surface area contributed by atoms with Gasteiger partial charge < -0.3 is 5.32 Å². The lowest BCUT2D eigenvalue weighted by atomic mass is 10.1. The molecule has 0 spiro atoms. The summed E-state index contributed by atoms with van der Waals surface area (Å²) in [5.41, 5.74) is -0.0617. The molecule has 0 heterocycles. The molecule has 0 aromatic rings. The van der Waals surface area contributed by atoms with Crippen molar-refractivity contribution in [3.8, 4) is 0 Å². The molecule has 1 amide bonds. The Bertz CT molecular complexity index is 225. The zero-order chi connectivity index (χ0) is 9.64. The zero-order valence-corrected chi connectivity index (χ0v) is 8.76. The van der Waals surface area contributed by atoms with Gasteiger partial charge in [0.15, 0.2) is 0 Å². The van der Waals surface area contributed by atoms with Gasteiger partial charge in [-0.1, -0.05) is 0 Å². The number of amides is 1. The third kappa shape index (κ3) is 2.23. The van der Waals surface area contributed by atoms with Crippen molar-refractivity contribution in [2.24, 2.45) is 17.8 Å². The van der Waals surface area contributed by atoms with Crippen LogP contribution in [0, 0.1) is 17.8 Å². The Kier molecular flexibility index (Phi) is 1.90. The van der Waals surface area contributed by atoms with Crippen molar-refractivity contribution < 1.29 is 4.79 Å². The van der Waals surface area contributed by atoms with E-state index in [2.05, 4.69) is 5.32 Å². The number of hydrogen-bond donors (Lipinski definition) is 1. The summed E-state index contributed by atoms with van der Waals surface area (Å²) in [4.78, 5) is 11.7. The maximum absolute atomic E-state index is 11.7. The molecular weight excluding hydrogens is 162 g/mol. The van der Waals surface area contributed by atoms with Gasteiger partial charge in [0, 0.05) is 11.5 Å². The fourth-order valence-corrected chi connectivity index (χ4v) is 2.02. The van der Waals surface area contributed by atoms with Crippen LogP contribution < -0.4 is 5.32 Å². The second-order valence-electron chi connectivity index (χ2n) is 5.58. The molecule has 0 aromatic heterocycles. The molecule has 0 aliphatic heterocycles. The molecule has 2 rings (SSSR count). The summed E-state index contributed by atoms with van der Waals surface area (Å²) >= 11 is 0. The minimum atomic E-state index is -0.0617. The molecular formula is C11H19NO. The van der Waals surface area contributed by atoms with E-state index < -0.39 is 0 Å². The summed E-state index contributed by atoms with van der Waals surface area (Å²) in [6.45, 7) is 6.12. The van der Waals surface area contributed by atoms with Crippen LogP contribution in [-0.4, -0.2) is 11.4 Å². The number of carbonyl (C=O) groups excluding carboxylic acids is 1. The van der Waals surface area contributed by atoms with E-state index in [9.17, 15) is 4.79 Å². The Morgan fingerprint density at radius 1 is 1.31 bits per heavy atom. The molecule has 2 saturated carbocycles. The van der Waals surface area contributed by atoms with Gasteiger partial charge in [0.2, 0.25) is 5.91 Å². The van der Waals surface area contributed by atoms with Crippen molar-refractivity contribution >= 4 is 5.91 Å². The predicted octanol–water partition coefficient (Wildman–Crippen LogP) is 1.95. The Balaban J connectivity index is 1.79. The monoisotopic (exact) mass is 181 g/mol. The molecule has 2 aliphatic carbocycles. The van der Waals surface area contributed by atoms with Gasteiger partial charge in [-0.2, -0.15) is 0 Å². The predicted molar refractivity (Wildman–Crippen MR) is 52.2 cm³/mol. The van der Waals surface area contributed by atoms with Crippen molar-refractivity contribution in [1.82, 2.24) is 5.32 Å². The lowest BCUT2D eigenvalue weighted by Gasteiger charge is -2.20. The Labute approximate surface area is 80.1 Å². The maximum Gasteiger partial charge on any atom is 0.223 e.